The molecular weight excluding hydrogens is 440 g/mol. The highest BCUT2D eigenvalue weighted by molar-refractivity contribution is 5.93. The molecule has 8 heteroatoms. The molecule has 5 heterocycles. The Morgan fingerprint density at radius 2 is 2.06 bits per heavy atom. The predicted octanol–water partition coefficient (Wildman–Crippen LogP) is 3.93. The number of hydrogen-bond donors (Lipinski definition) is 0. The minimum Gasteiger partial charge on any atom is -0.370 e. The fourth-order valence-electron chi connectivity index (χ4n) is 5.29. The third kappa shape index (κ3) is 4.04. The second kappa shape index (κ2) is 8.65. The molecule has 0 N–H and O–H groups in total. The monoisotopic (exact) mass is 472 g/mol. The number of ether oxygens (including phenoxy) is 1. The van der Waals surface area contributed by atoms with Crippen molar-refractivity contribution in [2.75, 3.05) is 24.5 Å². The van der Waals surface area contributed by atoms with Gasteiger partial charge in [-0.25, -0.2) is 9.97 Å². The molecule has 0 unspecified atom stereocenters. The zero-order valence-corrected chi connectivity index (χ0v) is 21.1. The van der Waals surface area contributed by atoms with Crippen molar-refractivity contribution in [3.8, 4) is 6.07 Å². The number of anilines is 1. The van der Waals surface area contributed by atoms with Gasteiger partial charge in [0.1, 0.15) is 23.2 Å². The normalized spacial score (nSPS) is 19.6. The first-order valence-corrected chi connectivity index (χ1v) is 12.3. The maximum atomic E-state index is 13.4. The molecule has 1 saturated heterocycles. The molecule has 1 fully saturated rings. The fraction of sp³-hybridized carbons (Fsp3) is 0.481. The molecule has 5 rings (SSSR count). The molecule has 0 saturated carbocycles. The Morgan fingerprint density at radius 3 is 2.77 bits per heavy atom. The Bertz CT molecular complexity index is 1340. The molecule has 1 atom stereocenters. The van der Waals surface area contributed by atoms with Gasteiger partial charge in [-0.3, -0.25) is 9.20 Å². The van der Waals surface area contributed by atoms with Crippen molar-refractivity contribution in [1.29, 1.82) is 5.26 Å². The maximum Gasteiger partial charge on any atom is 0.272 e. The van der Waals surface area contributed by atoms with Gasteiger partial charge in [0.15, 0.2) is 0 Å². The van der Waals surface area contributed by atoms with Crippen LogP contribution in [0.25, 0.3) is 5.65 Å². The summed E-state index contributed by atoms with van der Waals surface area (Å²) in [6.45, 7) is 12.7. The van der Waals surface area contributed by atoms with Crippen LogP contribution in [-0.2, 0) is 17.8 Å². The Kier molecular flexibility index (Phi) is 5.76. The summed E-state index contributed by atoms with van der Waals surface area (Å²) in [5.41, 5.74) is 4.78. The minimum absolute atomic E-state index is 0.0310. The summed E-state index contributed by atoms with van der Waals surface area (Å²) in [6, 6.07) is 8.12. The number of carbonyl (C=O) groups is 1. The van der Waals surface area contributed by atoms with Gasteiger partial charge in [-0.1, -0.05) is 19.9 Å². The van der Waals surface area contributed by atoms with Gasteiger partial charge in [0.25, 0.3) is 5.91 Å². The predicted molar refractivity (Wildman–Crippen MR) is 134 cm³/mol. The summed E-state index contributed by atoms with van der Waals surface area (Å²) in [5, 5.41) is 10.2. The van der Waals surface area contributed by atoms with Crippen molar-refractivity contribution in [3.05, 3.63) is 58.7 Å². The summed E-state index contributed by atoms with van der Waals surface area (Å²) >= 11 is 0. The molecular formula is C27H32N6O2. The highest BCUT2D eigenvalue weighted by atomic mass is 16.5. The Morgan fingerprint density at radius 1 is 1.26 bits per heavy atom. The number of aromatic nitrogens is 3. The van der Waals surface area contributed by atoms with Crippen molar-refractivity contribution in [3.63, 3.8) is 0 Å². The zero-order chi connectivity index (χ0) is 24.9. The standard InChI is InChI=1S/C27H32N6O2/c1-17(2)24-21-16-35-27(4,5)12-19(21)20(13-28)25(30-24)31-10-11-32(18(3)15-31)26(34)22-14-29-23-8-6-7-9-33(22)23/h6-9,14,17-18H,10-12,15-16H2,1-5H3/t18-/m1/s1. The Labute approximate surface area is 206 Å². The van der Waals surface area contributed by atoms with E-state index in [1.807, 2.05) is 33.7 Å². The lowest BCUT2D eigenvalue weighted by molar-refractivity contribution is -0.0408. The number of amides is 1. The van der Waals surface area contributed by atoms with E-state index < -0.39 is 0 Å². The van der Waals surface area contributed by atoms with Crippen LogP contribution in [0, 0.1) is 11.3 Å². The van der Waals surface area contributed by atoms with Crippen molar-refractivity contribution in [2.45, 2.75) is 65.2 Å². The largest absolute Gasteiger partial charge is 0.370 e. The third-order valence-electron chi connectivity index (χ3n) is 7.12. The molecule has 2 aliphatic rings. The highest BCUT2D eigenvalue weighted by Crippen LogP contribution is 2.38. The van der Waals surface area contributed by atoms with Crippen LogP contribution in [0.2, 0.25) is 0 Å². The molecule has 0 spiro atoms. The van der Waals surface area contributed by atoms with E-state index in [9.17, 15) is 10.1 Å². The van der Waals surface area contributed by atoms with Crippen LogP contribution in [0.15, 0.2) is 30.6 Å². The number of imidazole rings is 1. The summed E-state index contributed by atoms with van der Waals surface area (Å²) in [7, 11) is 0. The number of rotatable bonds is 3. The molecule has 0 aliphatic carbocycles. The van der Waals surface area contributed by atoms with E-state index >= 15 is 0 Å². The number of carbonyl (C=O) groups excluding carboxylic acids is 1. The summed E-state index contributed by atoms with van der Waals surface area (Å²) in [5.74, 6) is 0.924. The van der Waals surface area contributed by atoms with Crippen LogP contribution < -0.4 is 4.90 Å². The van der Waals surface area contributed by atoms with Gasteiger partial charge in [-0.15, -0.1) is 0 Å². The van der Waals surface area contributed by atoms with Crippen molar-refractivity contribution < 1.29 is 9.53 Å². The number of nitrogens with zero attached hydrogens (tertiary/aromatic N) is 6. The lowest BCUT2D eigenvalue weighted by atomic mass is 9.86. The van der Waals surface area contributed by atoms with Gasteiger partial charge in [0.05, 0.1) is 29.7 Å². The molecule has 182 valence electrons. The topological polar surface area (TPSA) is 86.8 Å². The molecule has 3 aromatic rings. The highest BCUT2D eigenvalue weighted by Gasteiger charge is 2.36. The van der Waals surface area contributed by atoms with Gasteiger partial charge in [-0.05, 0) is 44.4 Å². The fourth-order valence-corrected chi connectivity index (χ4v) is 5.29. The Hall–Kier alpha value is -3.44. The van der Waals surface area contributed by atoms with Crippen molar-refractivity contribution >= 4 is 17.4 Å². The number of fused-ring (bicyclic) bond motifs is 2. The Balaban J connectivity index is 1.46. The average Bonchev–Trinajstić information content (AvgIpc) is 3.26. The smallest absolute Gasteiger partial charge is 0.272 e. The van der Waals surface area contributed by atoms with Gasteiger partial charge in [-0.2, -0.15) is 5.26 Å². The SMILES string of the molecule is CC(C)c1nc(N2CCN(C(=O)c3cnc4ccccn34)[C@H](C)C2)c(C#N)c2c1COC(C)(C)C2. The zero-order valence-electron chi connectivity index (χ0n) is 21.1. The number of piperazine rings is 1. The molecule has 0 radical (unpaired) electrons. The van der Waals surface area contributed by atoms with Crippen molar-refractivity contribution in [2.24, 2.45) is 0 Å². The second-order valence-electron chi connectivity index (χ2n) is 10.5. The molecule has 8 nitrogen and oxygen atoms in total. The molecule has 3 aromatic heterocycles. The molecule has 2 aliphatic heterocycles. The van der Waals surface area contributed by atoms with Gasteiger partial charge in [0, 0.05) is 43.9 Å². The van der Waals surface area contributed by atoms with Gasteiger partial charge < -0.3 is 14.5 Å². The minimum atomic E-state index is -0.322. The van der Waals surface area contributed by atoms with E-state index in [2.05, 4.69) is 50.6 Å². The van der Waals surface area contributed by atoms with Crippen molar-refractivity contribution in [1.82, 2.24) is 19.3 Å². The van der Waals surface area contributed by atoms with Crippen LogP contribution in [0.4, 0.5) is 5.82 Å². The van der Waals surface area contributed by atoms with E-state index in [0.717, 1.165) is 28.3 Å². The molecule has 35 heavy (non-hydrogen) atoms. The average molecular weight is 473 g/mol. The number of hydrogen-bond acceptors (Lipinski definition) is 6. The summed E-state index contributed by atoms with van der Waals surface area (Å²) < 4.78 is 7.91. The van der Waals surface area contributed by atoms with E-state index in [4.69, 9.17) is 9.72 Å². The van der Waals surface area contributed by atoms with Gasteiger partial charge in [0.2, 0.25) is 0 Å². The first-order valence-electron chi connectivity index (χ1n) is 12.3. The summed E-state index contributed by atoms with van der Waals surface area (Å²) in [4.78, 5) is 26.9. The van der Waals surface area contributed by atoms with E-state index in [1.54, 1.807) is 6.20 Å². The first kappa shape index (κ1) is 23.3. The van der Waals surface area contributed by atoms with Crippen LogP contribution in [0.3, 0.4) is 0 Å². The third-order valence-corrected chi connectivity index (χ3v) is 7.12. The first-order chi connectivity index (χ1) is 16.7. The van der Waals surface area contributed by atoms with E-state index in [-0.39, 0.29) is 23.5 Å². The second-order valence-corrected chi connectivity index (χ2v) is 10.5. The lowest BCUT2D eigenvalue weighted by Gasteiger charge is -2.41. The van der Waals surface area contributed by atoms with Crippen LogP contribution in [-0.4, -0.2) is 56.5 Å². The lowest BCUT2D eigenvalue weighted by Crippen LogP contribution is -2.54. The number of nitriles is 1. The van der Waals surface area contributed by atoms with E-state index in [1.165, 1.54) is 0 Å². The van der Waals surface area contributed by atoms with Gasteiger partial charge >= 0.3 is 0 Å². The maximum absolute atomic E-state index is 13.4. The van der Waals surface area contributed by atoms with Crippen LogP contribution >= 0.6 is 0 Å². The van der Waals surface area contributed by atoms with Crippen LogP contribution in [0.5, 0.6) is 0 Å². The molecule has 1 amide bonds. The van der Waals surface area contributed by atoms with Crippen LogP contribution in [0.1, 0.15) is 73.4 Å². The number of pyridine rings is 2. The van der Waals surface area contributed by atoms with E-state index in [0.29, 0.717) is 43.9 Å². The molecule has 0 bridgehead atoms. The summed E-state index contributed by atoms with van der Waals surface area (Å²) in [6.07, 6.45) is 4.20. The molecule has 0 aromatic carbocycles. The quantitative estimate of drug-likeness (QED) is 0.574.